The molecule has 1 saturated heterocycles. The average molecular weight is 252 g/mol. The van der Waals surface area contributed by atoms with E-state index in [4.69, 9.17) is 18.9 Å². The molecule has 1 fully saturated rings. The summed E-state index contributed by atoms with van der Waals surface area (Å²) in [5.41, 5.74) is 1.08. The molecule has 0 aliphatic carbocycles. The van der Waals surface area contributed by atoms with Gasteiger partial charge in [-0.2, -0.15) is 0 Å². The number of hydrogen-bond acceptors (Lipinski definition) is 5. The minimum atomic E-state index is -0.907. The minimum Gasteiger partial charge on any atom is -0.454 e. The zero-order valence-electron chi connectivity index (χ0n) is 10.2. The van der Waals surface area contributed by atoms with Crippen molar-refractivity contribution >= 4 is 5.97 Å². The topological polar surface area (TPSA) is 54.0 Å². The number of benzene rings is 1. The number of rotatable bonds is 5. The number of carbonyl (C=O) groups is 1. The second-order valence-corrected chi connectivity index (χ2v) is 3.96. The van der Waals surface area contributed by atoms with Crippen LogP contribution in [0.1, 0.15) is 5.56 Å². The highest BCUT2D eigenvalue weighted by Crippen LogP contribution is 2.10. The molecule has 0 spiro atoms. The van der Waals surface area contributed by atoms with Crippen molar-refractivity contribution in [2.75, 3.05) is 20.3 Å². The zero-order chi connectivity index (χ0) is 12.8. The normalized spacial score (nSPS) is 23.7. The fourth-order valence-corrected chi connectivity index (χ4v) is 1.65. The molecule has 1 aliphatic heterocycles. The van der Waals surface area contributed by atoms with Gasteiger partial charge < -0.3 is 18.9 Å². The Morgan fingerprint density at radius 3 is 2.78 bits per heavy atom. The maximum atomic E-state index is 11.3. The summed E-state index contributed by atoms with van der Waals surface area (Å²) in [5, 5.41) is 0. The molecule has 18 heavy (non-hydrogen) atoms. The highest BCUT2D eigenvalue weighted by atomic mass is 16.7. The SMILES string of the molecule is CO[C@@H]1OC[C@H](COCc2ccccc2)OC1=O. The Bertz CT molecular complexity index is 378. The van der Waals surface area contributed by atoms with Crippen molar-refractivity contribution in [3.63, 3.8) is 0 Å². The van der Waals surface area contributed by atoms with Crippen LogP contribution < -0.4 is 0 Å². The van der Waals surface area contributed by atoms with Crippen LogP contribution in [0.4, 0.5) is 0 Å². The second kappa shape index (κ2) is 6.49. The molecule has 98 valence electrons. The van der Waals surface area contributed by atoms with Crippen molar-refractivity contribution in [3.05, 3.63) is 35.9 Å². The molecule has 0 radical (unpaired) electrons. The van der Waals surface area contributed by atoms with Gasteiger partial charge in [-0.25, -0.2) is 4.79 Å². The van der Waals surface area contributed by atoms with Crippen molar-refractivity contribution in [1.29, 1.82) is 0 Å². The van der Waals surface area contributed by atoms with Gasteiger partial charge in [0, 0.05) is 7.11 Å². The van der Waals surface area contributed by atoms with Crippen molar-refractivity contribution in [2.24, 2.45) is 0 Å². The van der Waals surface area contributed by atoms with Gasteiger partial charge in [0.1, 0.15) is 6.10 Å². The van der Waals surface area contributed by atoms with E-state index in [0.29, 0.717) is 19.8 Å². The third-order valence-electron chi connectivity index (χ3n) is 2.54. The van der Waals surface area contributed by atoms with E-state index in [0.717, 1.165) is 5.56 Å². The Morgan fingerprint density at radius 2 is 2.11 bits per heavy atom. The zero-order valence-corrected chi connectivity index (χ0v) is 10.2. The van der Waals surface area contributed by atoms with E-state index in [9.17, 15) is 4.79 Å². The molecule has 0 aromatic heterocycles. The molecule has 1 heterocycles. The van der Waals surface area contributed by atoms with E-state index in [1.54, 1.807) is 0 Å². The molecular formula is C13H16O5. The Morgan fingerprint density at radius 1 is 1.33 bits per heavy atom. The van der Waals surface area contributed by atoms with Crippen LogP contribution in [0.15, 0.2) is 30.3 Å². The van der Waals surface area contributed by atoms with Crippen molar-refractivity contribution in [2.45, 2.75) is 19.0 Å². The summed E-state index contributed by atoms with van der Waals surface area (Å²) in [4.78, 5) is 11.3. The molecule has 0 N–H and O–H groups in total. The Labute approximate surface area is 106 Å². The maximum absolute atomic E-state index is 11.3. The van der Waals surface area contributed by atoms with E-state index < -0.39 is 12.3 Å². The standard InChI is InChI=1S/C13H16O5/c1-15-13-12(14)18-11(9-17-13)8-16-7-10-5-3-2-4-6-10/h2-6,11,13H,7-9H2,1H3/t11-,13+/m0/s1. The lowest BCUT2D eigenvalue weighted by atomic mass is 10.2. The fourth-order valence-electron chi connectivity index (χ4n) is 1.65. The molecule has 0 saturated carbocycles. The van der Waals surface area contributed by atoms with Crippen LogP contribution in [-0.2, 0) is 30.3 Å². The van der Waals surface area contributed by atoms with Gasteiger partial charge in [-0.05, 0) is 5.56 Å². The van der Waals surface area contributed by atoms with Crippen LogP contribution in [0, 0.1) is 0 Å². The molecule has 0 bridgehead atoms. The molecule has 2 atom stereocenters. The first-order chi connectivity index (χ1) is 8.79. The molecule has 5 nitrogen and oxygen atoms in total. The molecule has 1 aromatic rings. The van der Waals surface area contributed by atoms with Crippen LogP contribution in [0.25, 0.3) is 0 Å². The molecule has 0 unspecified atom stereocenters. The first-order valence-electron chi connectivity index (χ1n) is 5.76. The van der Waals surface area contributed by atoms with Crippen LogP contribution in [0.3, 0.4) is 0 Å². The summed E-state index contributed by atoms with van der Waals surface area (Å²) in [7, 11) is 1.40. The molecule has 0 amide bonds. The van der Waals surface area contributed by atoms with Gasteiger partial charge in [0.25, 0.3) is 6.29 Å². The van der Waals surface area contributed by atoms with Gasteiger partial charge in [-0.3, -0.25) is 0 Å². The number of cyclic esters (lactones) is 1. The molecular weight excluding hydrogens is 236 g/mol. The minimum absolute atomic E-state index is 0.291. The largest absolute Gasteiger partial charge is 0.454 e. The highest BCUT2D eigenvalue weighted by Gasteiger charge is 2.30. The maximum Gasteiger partial charge on any atom is 0.363 e. The van der Waals surface area contributed by atoms with E-state index in [-0.39, 0.29) is 6.10 Å². The lowest BCUT2D eigenvalue weighted by Gasteiger charge is -2.27. The van der Waals surface area contributed by atoms with Crippen molar-refractivity contribution < 1.29 is 23.7 Å². The van der Waals surface area contributed by atoms with Gasteiger partial charge >= 0.3 is 5.97 Å². The monoisotopic (exact) mass is 252 g/mol. The van der Waals surface area contributed by atoms with Crippen LogP contribution >= 0.6 is 0 Å². The number of hydrogen-bond donors (Lipinski definition) is 0. The Kier molecular flexibility index (Phi) is 4.69. The van der Waals surface area contributed by atoms with E-state index in [2.05, 4.69) is 0 Å². The van der Waals surface area contributed by atoms with E-state index in [1.165, 1.54) is 7.11 Å². The summed E-state index contributed by atoms with van der Waals surface area (Å²) in [6.07, 6.45) is -1.28. The first-order valence-corrected chi connectivity index (χ1v) is 5.76. The lowest BCUT2D eigenvalue weighted by Crippen LogP contribution is -2.43. The third kappa shape index (κ3) is 3.53. The highest BCUT2D eigenvalue weighted by molar-refractivity contribution is 5.73. The average Bonchev–Trinajstić information content (AvgIpc) is 2.40. The fraction of sp³-hybridized carbons (Fsp3) is 0.462. The van der Waals surface area contributed by atoms with Gasteiger partial charge in [0.2, 0.25) is 0 Å². The predicted molar refractivity (Wildman–Crippen MR) is 62.7 cm³/mol. The van der Waals surface area contributed by atoms with Gasteiger partial charge in [0.05, 0.1) is 19.8 Å². The number of methoxy groups -OCH3 is 1. The third-order valence-corrected chi connectivity index (χ3v) is 2.54. The van der Waals surface area contributed by atoms with Crippen LogP contribution in [0.5, 0.6) is 0 Å². The molecule has 1 aliphatic rings. The summed E-state index contributed by atoms with van der Waals surface area (Å²) >= 11 is 0. The number of carbonyl (C=O) groups excluding carboxylic acids is 1. The van der Waals surface area contributed by atoms with Crippen molar-refractivity contribution in [1.82, 2.24) is 0 Å². The summed E-state index contributed by atoms with van der Waals surface area (Å²) in [6.45, 7) is 1.10. The van der Waals surface area contributed by atoms with E-state index >= 15 is 0 Å². The van der Waals surface area contributed by atoms with Gasteiger partial charge in [-0.1, -0.05) is 30.3 Å². The molecule has 5 heteroatoms. The number of ether oxygens (including phenoxy) is 4. The molecule has 1 aromatic carbocycles. The van der Waals surface area contributed by atoms with Gasteiger partial charge in [0.15, 0.2) is 0 Å². The van der Waals surface area contributed by atoms with Crippen molar-refractivity contribution in [3.8, 4) is 0 Å². The van der Waals surface area contributed by atoms with Crippen LogP contribution in [-0.4, -0.2) is 38.7 Å². The van der Waals surface area contributed by atoms with Gasteiger partial charge in [-0.15, -0.1) is 0 Å². The number of esters is 1. The Balaban J connectivity index is 1.70. The molecule has 2 rings (SSSR count). The smallest absolute Gasteiger partial charge is 0.363 e. The van der Waals surface area contributed by atoms with E-state index in [1.807, 2.05) is 30.3 Å². The Hall–Kier alpha value is -1.43. The van der Waals surface area contributed by atoms with Crippen LogP contribution in [0.2, 0.25) is 0 Å². The summed E-state index contributed by atoms with van der Waals surface area (Å²) < 4.78 is 20.6. The predicted octanol–water partition coefficient (Wildman–Crippen LogP) is 1.12. The summed E-state index contributed by atoms with van der Waals surface area (Å²) in [6, 6.07) is 9.80. The lowest BCUT2D eigenvalue weighted by molar-refractivity contribution is -0.228. The summed E-state index contributed by atoms with van der Waals surface area (Å²) in [5.74, 6) is -0.503. The first kappa shape index (κ1) is 13.0. The quantitative estimate of drug-likeness (QED) is 0.735. The second-order valence-electron chi connectivity index (χ2n) is 3.96.